The van der Waals surface area contributed by atoms with Crippen LogP contribution in [0.1, 0.15) is 19.4 Å². The van der Waals surface area contributed by atoms with Crippen molar-refractivity contribution >= 4 is 5.97 Å². The number of carbonyl (C=O) groups excluding carboxylic acids is 1. The second-order valence-electron chi connectivity index (χ2n) is 4.60. The van der Waals surface area contributed by atoms with Gasteiger partial charge in [0.15, 0.2) is 18.1 Å². The molecule has 1 atom stereocenters. The molecule has 2 N–H and O–H groups in total. The van der Waals surface area contributed by atoms with E-state index < -0.39 is 5.97 Å². The Balaban J connectivity index is 2.97. The van der Waals surface area contributed by atoms with Crippen molar-refractivity contribution in [3.05, 3.63) is 17.7 Å². The van der Waals surface area contributed by atoms with Crippen LogP contribution >= 0.6 is 0 Å². The Morgan fingerprint density at radius 2 is 1.81 bits per heavy atom. The van der Waals surface area contributed by atoms with Gasteiger partial charge in [0.2, 0.25) is 5.75 Å². The summed E-state index contributed by atoms with van der Waals surface area (Å²) in [6.07, 6.45) is 0.685. The summed E-state index contributed by atoms with van der Waals surface area (Å²) in [4.78, 5) is 11.4. The monoisotopic (exact) mass is 297 g/mol. The number of methoxy groups -OCH3 is 2. The maximum absolute atomic E-state index is 11.4. The molecule has 1 unspecified atom stereocenters. The lowest BCUT2D eigenvalue weighted by molar-refractivity contribution is -0.145. The first-order valence-corrected chi connectivity index (χ1v) is 6.80. The quantitative estimate of drug-likeness (QED) is 0.733. The largest absolute Gasteiger partial charge is 0.493 e. The van der Waals surface area contributed by atoms with E-state index in [1.165, 1.54) is 14.2 Å². The molecule has 6 nitrogen and oxygen atoms in total. The average Bonchev–Trinajstić information content (AvgIpc) is 2.44. The van der Waals surface area contributed by atoms with Gasteiger partial charge in [-0.25, -0.2) is 4.79 Å². The number of hydrogen-bond donors (Lipinski definition) is 1. The van der Waals surface area contributed by atoms with E-state index in [-0.39, 0.29) is 12.6 Å². The highest BCUT2D eigenvalue weighted by Crippen LogP contribution is 2.38. The third-order valence-corrected chi connectivity index (χ3v) is 2.72. The Morgan fingerprint density at radius 3 is 2.24 bits per heavy atom. The van der Waals surface area contributed by atoms with Gasteiger partial charge in [-0.1, -0.05) is 0 Å². The Kier molecular flexibility index (Phi) is 6.81. The summed E-state index contributed by atoms with van der Waals surface area (Å²) in [5.74, 6) is 0.923. The molecule has 0 fully saturated rings. The minimum Gasteiger partial charge on any atom is -0.493 e. The normalized spacial score (nSPS) is 11.7. The zero-order valence-electron chi connectivity index (χ0n) is 13.0. The molecule has 0 aliphatic rings. The second-order valence-corrected chi connectivity index (χ2v) is 4.60. The second kappa shape index (κ2) is 8.36. The van der Waals surface area contributed by atoms with Crippen LogP contribution in [0.2, 0.25) is 0 Å². The molecule has 0 saturated heterocycles. The number of nitrogens with two attached hydrogens (primary N) is 1. The van der Waals surface area contributed by atoms with Crippen LogP contribution in [0.5, 0.6) is 17.2 Å². The molecule has 0 bridgehead atoms. The van der Waals surface area contributed by atoms with Gasteiger partial charge in [0.1, 0.15) is 0 Å². The van der Waals surface area contributed by atoms with Gasteiger partial charge in [-0.15, -0.1) is 0 Å². The number of esters is 1. The number of hydrogen-bond acceptors (Lipinski definition) is 6. The Hall–Kier alpha value is -1.95. The lowest BCUT2D eigenvalue weighted by Crippen LogP contribution is -2.18. The summed E-state index contributed by atoms with van der Waals surface area (Å²) < 4.78 is 20.9. The van der Waals surface area contributed by atoms with Gasteiger partial charge in [0.05, 0.1) is 20.8 Å². The summed E-state index contributed by atoms with van der Waals surface area (Å²) in [6.45, 7) is 3.77. The minimum absolute atomic E-state index is 0.0192. The molecule has 118 valence electrons. The zero-order chi connectivity index (χ0) is 15.8. The summed E-state index contributed by atoms with van der Waals surface area (Å²) in [7, 11) is 3.06. The molecule has 0 spiro atoms. The van der Waals surface area contributed by atoms with Crippen molar-refractivity contribution in [1.82, 2.24) is 0 Å². The van der Waals surface area contributed by atoms with E-state index in [0.29, 0.717) is 30.3 Å². The lowest BCUT2D eigenvalue weighted by atomic mass is 10.1. The maximum Gasteiger partial charge on any atom is 0.344 e. The zero-order valence-corrected chi connectivity index (χ0v) is 13.0. The highest BCUT2D eigenvalue weighted by Gasteiger charge is 2.16. The van der Waals surface area contributed by atoms with E-state index in [0.717, 1.165) is 5.56 Å². The van der Waals surface area contributed by atoms with Gasteiger partial charge in [-0.05, 0) is 38.0 Å². The Morgan fingerprint density at radius 1 is 1.24 bits per heavy atom. The molecule has 1 rings (SSSR count). The van der Waals surface area contributed by atoms with E-state index >= 15 is 0 Å². The minimum atomic E-state index is -0.443. The van der Waals surface area contributed by atoms with Crippen LogP contribution in [0.3, 0.4) is 0 Å². The van der Waals surface area contributed by atoms with Gasteiger partial charge in [-0.2, -0.15) is 0 Å². The summed E-state index contributed by atoms with van der Waals surface area (Å²) in [5, 5.41) is 0. The third kappa shape index (κ3) is 5.15. The van der Waals surface area contributed by atoms with Crippen molar-refractivity contribution in [1.29, 1.82) is 0 Å². The molecule has 21 heavy (non-hydrogen) atoms. The van der Waals surface area contributed by atoms with Crippen LogP contribution in [-0.4, -0.2) is 39.4 Å². The molecular weight excluding hydrogens is 274 g/mol. The van der Waals surface area contributed by atoms with Gasteiger partial charge in [-0.3, -0.25) is 0 Å². The van der Waals surface area contributed by atoms with Crippen LogP contribution in [-0.2, 0) is 16.0 Å². The van der Waals surface area contributed by atoms with Crippen molar-refractivity contribution in [2.75, 3.05) is 27.4 Å². The molecule has 1 aromatic rings. The first kappa shape index (κ1) is 17.1. The molecule has 6 heteroatoms. The fourth-order valence-electron chi connectivity index (χ4n) is 1.90. The van der Waals surface area contributed by atoms with Gasteiger partial charge in [0, 0.05) is 6.04 Å². The molecule has 0 radical (unpaired) electrons. The topological polar surface area (TPSA) is 80.0 Å². The predicted molar refractivity (Wildman–Crippen MR) is 79.0 cm³/mol. The molecule has 0 aromatic heterocycles. The predicted octanol–water partition coefficient (Wildman–Crippen LogP) is 1.54. The van der Waals surface area contributed by atoms with Crippen LogP contribution < -0.4 is 19.9 Å². The van der Waals surface area contributed by atoms with Crippen molar-refractivity contribution in [2.45, 2.75) is 26.3 Å². The molecule has 0 amide bonds. The fourth-order valence-corrected chi connectivity index (χ4v) is 1.90. The first-order valence-electron chi connectivity index (χ1n) is 6.80. The van der Waals surface area contributed by atoms with Crippen LogP contribution in [0.15, 0.2) is 12.1 Å². The molecule has 0 saturated carbocycles. The highest BCUT2D eigenvalue weighted by molar-refractivity contribution is 5.71. The number of ether oxygens (including phenoxy) is 4. The first-order chi connectivity index (χ1) is 10.0. The van der Waals surface area contributed by atoms with E-state index in [2.05, 4.69) is 0 Å². The Labute approximate surface area is 125 Å². The van der Waals surface area contributed by atoms with Crippen molar-refractivity contribution in [3.8, 4) is 17.2 Å². The van der Waals surface area contributed by atoms with Gasteiger partial charge >= 0.3 is 5.97 Å². The lowest BCUT2D eigenvalue weighted by Gasteiger charge is -2.16. The smallest absolute Gasteiger partial charge is 0.344 e. The molecule has 0 heterocycles. The van der Waals surface area contributed by atoms with Crippen molar-refractivity contribution < 1.29 is 23.7 Å². The van der Waals surface area contributed by atoms with Crippen molar-refractivity contribution in [3.63, 3.8) is 0 Å². The van der Waals surface area contributed by atoms with Crippen LogP contribution in [0, 0.1) is 0 Å². The van der Waals surface area contributed by atoms with E-state index in [1.807, 2.05) is 19.1 Å². The maximum atomic E-state index is 11.4. The summed E-state index contributed by atoms with van der Waals surface area (Å²) in [6, 6.07) is 3.67. The SMILES string of the molecule is CCOC(=O)COc1c(OC)cc(CC(C)N)cc1OC. The Bertz CT molecular complexity index is 448. The van der Waals surface area contributed by atoms with E-state index in [1.54, 1.807) is 6.92 Å². The van der Waals surface area contributed by atoms with E-state index in [4.69, 9.17) is 24.7 Å². The highest BCUT2D eigenvalue weighted by atomic mass is 16.6. The average molecular weight is 297 g/mol. The molecule has 0 aliphatic heterocycles. The third-order valence-electron chi connectivity index (χ3n) is 2.72. The number of rotatable bonds is 8. The standard InChI is InChI=1S/C15H23NO5/c1-5-20-14(17)9-21-15-12(18-3)7-11(6-10(2)16)8-13(15)19-4/h7-8,10H,5-6,9,16H2,1-4H3. The number of benzene rings is 1. The summed E-state index contributed by atoms with van der Waals surface area (Å²) >= 11 is 0. The van der Waals surface area contributed by atoms with Crippen LogP contribution in [0.25, 0.3) is 0 Å². The van der Waals surface area contributed by atoms with Gasteiger partial charge < -0.3 is 24.7 Å². The molecule has 0 aliphatic carbocycles. The van der Waals surface area contributed by atoms with Crippen molar-refractivity contribution in [2.24, 2.45) is 5.73 Å². The number of carbonyl (C=O) groups is 1. The van der Waals surface area contributed by atoms with E-state index in [9.17, 15) is 4.79 Å². The fraction of sp³-hybridized carbons (Fsp3) is 0.533. The molecular formula is C15H23NO5. The summed E-state index contributed by atoms with van der Waals surface area (Å²) in [5.41, 5.74) is 6.78. The van der Waals surface area contributed by atoms with Gasteiger partial charge in [0.25, 0.3) is 0 Å². The molecule has 1 aromatic carbocycles. The van der Waals surface area contributed by atoms with Crippen LogP contribution in [0.4, 0.5) is 0 Å².